The van der Waals surface area contributed by atoms with E-state index in [2.05, 4.69) is 0 Å². The molecule has 0 amide bonds. The Morgan fingerprint density at radius 1 is 1.25 bits per heavy atom. The second-order valence-electron chi connectivity index (χ2n) is 3.10. The molecule has 0 fully saturated rings. The molecule has 0 aliphatic carbocycles. The number of hydrogen-bond acceptors (Lipinski definition) is 3. The van der Waals surface area contributed by atoms with Gasteiger partial charge in [-0.3, -0.25) is 0 Å². The summed E-state index contributed by atoms with van der Waals surface area (Å²) in [5.41, 5.74) is -0.918. The molecule has 0 saturated heterocycles. The third-order valence-electron chi connectivity index (χ3n) is 2.03. The largest absolute Gasteiger partial charge is 0.385 e. The van der Waals surface area contributed by atoms with E-state index in [9.17, 15) is 18.3 Å². The number of hydrogen-bond donors (Lipinski definition) is 2. The van der Waals surface area contributed by atoms with Crippen molar-refractivity contribution in [2.75, 3.05) is 0 Å². The molecule has 0 aliphatic heterocycles. The van der Waals surface area contributed by atoms with Crippen LogP contribution in [-0.4, -0.2) is 16.3 Å². The molecule has 0 aromatic heterocycles. The topological polar surface area (TPSA) is 64.2 Å². The van der Waals surface area contributed by atoms with Crippen LogP contribution >= 0.6 is 0 Å². The maximum absolute atomic E-state index is 13.1. The molecule has 0 heterocycles. The first kappa shape index (κ1) is 12.5. The van der Waals surface area contributed by atoms with Gasteiger partial charge in [-0.1, -0.05) is 12.1 Å². The number of aliphatic hydroxyl groups excluding tert-OH is 2. The van der Waals surface area contributed by atoms with Gasteiger partial charge in [0, 0.05) is 0 Å². The Balaban J connectivity index is 3.02. The zero-order valence-corrected chi connectivity index (χ0v) is 7.94. The predicted molar refractivity (Wildman–Crippen MR) is 47.9 cm³/mol. The molecule has 0 aliphatic rings. The highest BCUT2D eigenvalue weighted by atomic mass is 19.3. The van der Waals surface area contributed by atoms with E-state index in [0.717, 1.165) is 12.1 Å². The second kappa shape index (κ2) is 4.96. The van der Waals surface area contributed by atoms with Crippen LogP contribution in [0, 0.1) is 17.1 Å². The third kappa shape index (κ3) is 2.51. The Bertz CT molecular complexity index is 417. The molecule has 0 radical (unpaired) electrons. The van der Waals surface area contributed by atoms with Crippen LogP contribution in [-0.2, 0) is 0 Å². The minimum absolute atomic E-state index is 0.129. The van der Waals surface area contributed by atoms with Crippen LogP contribution in [0.5, 0.6) is 0 Å². The van der Waals surface area contributed by atoms with Gasteiger partial charge in [-0.2, -0.15) is 5.26 Å². The van der Waals surface area contributed by atoms with Gasteiger partial charge in [0.2, 0.25) is 0 Å². The zero-order valence-electron chi connectivity index (χ0n) is 7.94. The number of rotatable bonds is 3. The van der Waals surface area contributed by atoms with Gasteiger partial charge >= 0.3 is 0 Å². The van der Waals surface area contributed by atoms with E-state index in [4.69, 9.17) is 10.4 Å². The Morgan fingerprint density at radius 3 is 2.31 bits per heavy atom. The summed E-state index contributed by atoms with van der Waals surface area (Å²) in [5.74, 6) is -1.18. The Labute approximate surface area is 89.4 Å². The fourth-order valence-corrected chi connectivity index (χ4v) is 1.16. The van der Waals surface area contributed by atoms with Crippen LogP contribution in [0.4, 0.5) is 13.2 Å². The van der Waals surface area contributed by atoms with E-state index in [-0.39, 0.29) is 5.56 Å². The van der Waals surface area contributed by atoms with E-state index in [0.29, 0.717) is 6.07 Å². The molecular formula is C10H8F3NO2. The smallest absolute Gasteiger partial charge is 0.266 e. The summed E-state index contributed by atoms with van der Waals surface area (Å²) in [7, 11) is 0. The van der Waals surface area contributed by atoms with Crippen LogP contribution in [0.1, 0.15) is 23.7 Å². The normalized spacial score (nSPS) is 14.6. The minimum Gasteiger partial charge on any atom is -0.385 e. The first-order chi connectivity index (χ1) is 7.47. The first-order valence-electron chi connectivity index (χ1n) is 4.30. The number of nitriles is 1. The molecule has 3 nitrogen and oxygen atoms in total. The van der Waals surface area contributed by atoms with Crippen LogP contribution in [0.3, 0.4) is 0 Å². The number of nitrogens with zero attached hydrogens (tertiary/aromatic N) is 1. The zero-order chi connectivity index (χ0) is 12.3. The minimum atomic E-state index is -2.95. The summed E-state index contributed by atoms with van der Waals surface area (Å²) in [6, 6.07) is 3.87. The Hall–Kier alpha value is -1.58. The number of halogens is 3. The van der Waals surface area contributed by atoms with Crippen molar-refractivity contribution >= 4 is 0 Å². The van der Waals surface area contributed by atoms with E-state index in [1.54, 1.807) is 0 Å². The molecule has 0 saturated carbocycles. The quantitative estimate of drug-likeness (QED) is 0.778. The average Bonchev–Trinajstić information content (AvgIpc) is 2.26. The summed E-state index contributed by atoms with van der Waals surface area (Å²) in [6.45, 7) is 0. The van der Waals surface area contributed by atoms with Gasteiger partial charge in [0.15, 0.2) is 6.10 Å². The maximum Gasteiger partial charge on any atom is 0.266 e. The Morgan fingerprint density at radius 2 is 1.88 bits per heavy atom. The predicted octanol–water partition coefficient (Wildman–Crippen LogP) is 1.68. The van der Waals surface area contributed by atoms with Crippen LogP contribution in [0.25, 0.3) is 0 Å². The van der Waals surface area contributed by atoms with Gasteiger partial charge in [0.05, 0.1) is 11.6 Å². The van der Waals surface area contributed by atoms with Crippen molar-refractivity contribution in [3.8, 4) is 6.07 Å². The van der Waals surface area contributed by atoms with Crippen molar-refractivity contribution in [2.24, 2.45) is 0 Å². The van der Waals surface area contributed by atoms with Gasteiger partial charge in [-0.15, -0.1) is 0 Å². The van der Waals surface area contributed by atoms with Gasteiger partial charge in [-0.05, 0) is 11.6 Å². The van der Waals surface area contributed by atoms with Crippen molar-refractivity contribution < 1.29 is 23.4 Å². The monoisotopic (exact) mass is 231 g/mol. The highest BCUT2D eigenvalue weighted by molar-refractivity contribution is 5.28. The summed E-state index contributed by atoms with van der Waals surface area (Å²) < 4.78 is 37.4. The highest BCUT2D eigenvalue weighted by Gasteiger charge is 2.20. The van der Waals surface area contributed by atoms with Crippen molar-refractivity contribution in [1.82, 2.24) is 0 Å². The molecule has 0 spiro atoms. The van der Waals surface area contributed by atoms with Crippen molar-refractivity contribution in [1.29, 1.82) is 5.26 Å². The van der Waals surface area contributed by atoms with Crippen LogP contribution in [0.2, 0.25) is 0 Å². The molecule has 0 bridgehead atoms. The molecule has 16 heavy (non-hydrogen) atoms. The summed E-state index contributed by atoms with van der Waals surface area (Å²) in [5, 5.41) is 26.6. The molecule has 2 atom stereocenters. The Kier molecular flexibility index (Phi) is 3.88. The van der Waals surface area contributed by atoms with Gasteiger partial charge < -0.3 is 10.2 Å². The SMILES string of the molecule is N#CC(O)C(O)c1ccc(C(F)F)c(F)c1. The van der Waals surface area contributed by atoms with Crippen LogP contribution < -0.4 is 0 Å². The van der Waals surface area contributed by atoms with Crippen molar-refractivity contribution in [3.05, 3.63) is 35.1 Å². The number of aliphatic hydroxyl groups is 2. The third-order valence-corrected chi connectivity index (χ3v) is 2.03. The molecule has 1 aromatic carbocycles. The lowest BCUT2D eigenvalue weighted by Crippen LogP contribution is -2.16. The summed E-state index contributed by atoms with van der Waals surface area (Å²) >= 11 is 0. The average molecular weight is 231 g/mol. The molecule has 1 rings (SSSR count). The van der Waals surface area contributed by atoms with Gasteiger partial charge in [0.1, 0.15) is 11.9 Å². The standard InChI is InChI=1S/C10H8F3NO2/c11-7-3-5(9(16)8(15)4-14)1-2-6(7)10(12)13/h1-3,8-10,15-16H. The van der Waals surface area contributed by atoms with Gasteiger partial charge in [-0.25, -0.2) is 13.2 Å². The lowest BCUT2D eigenvalue weighted by atomic mass is 10.0. The number of benzene rings is 1. The first-order valence-corrected chi connectivity index (χ1v) is 4.30. The fraction of sp³-hybridized carbons (Fsp3) is 0.300. The fourth-order valence-electron chi connectivity index (χ4n) is 1.16. The second-order valence-corrected chi connectivity index (χ2v) is 3.10. The number of alkyl halides is 2. The molecule has 2 unspecified atom stereocenters. The van der Waals surface area contributed by atoms with Gasteiger partial charge in [0.25, 0.3) is 6.43 Å². The molecular weight excluding hydrogens is 223 g/mol. The van der Waals surface area contributed by atoms with E-state index < -0.39 is 30.0 Å². The van der Waals surface area contributed by atoms with Crippen molar-refractivity contribution in [2.45, 2.75) is 18.6 Å². The molecule has 2 N–H and O–H groups in total. The summed E-state index contributed by atoms with van der Waals surface area (Å²) in [4.78, 5) is 0. The lowest BCUT2D eigenvalue weighted by Gasteiger charge is -2.13. The highest BCUT2D eigenvalue weighted by Crippen LogP contribution is 2.25. The summed E-state index contributed by atoms with van der Waals surface area (Å²) in [6.07, 6.45) is -6.30. The molecule has 1 aromatic rings. The van der Waals surface area contributed by atoms with E-state index in [1.807, 2.05) is 0 Å². The molecule has 6 heteroatoms. The van der Waals surface area contributed by atoms with Crippen LogP contribution in [0.15, 0.2) is 18.2 Å². The lowest BCUT2D eigenvalue weighted by molar-refractivity contribution is 0.0524. The van der Waals surface area contributed by atoms with E-state index >= 15 is 0 Å². The van der Waals surface area contributed by atoms with Crippen molar-refractivity contribution in [3.63, 3.8) is 0 Å². The van der Waals surface area contributed by atoms with E-state index in [1.165, 1.54) is 6.07 Å². The maximum atomic E-state index is 13.1. The molecule has 86 valence electrons.